The van der Waals surface area contributed by atoms with Crippen LogP contribution in [0.15, 0.2) is 83.7 Å². The van der Waals surface area contributed by atoms with Gasteiger partial charge in [-0.3, -0.25) is 19.0 Å². The van der Waals surface area contributed by atoms with Crippen molar-refractivity contribution in [3.8, 4) is 11.5 Å². The van der Waals surface area contributed by atoms with Gasteiger partial charge < -0.3 is 25.3 Å². The maximum atomic E-state index is 14.5. The monoisotopic (exact) mass is 673 g/mol. The first-order chi connectivity index (χ1) is 23.5. The first-order valence-electron chi connectivity index (χ1n) is 16.0. The zero-order chi connectivity index (χ0) is 34.8. The summed E-state index contributed by atoms with van der Waals surface area (Å²) in [6, 6.07) is 20.1. The van der Waals surface area contributed by atoms with E-state index in [0.717, 1.165) is 17.7 Å². The molecule has 4 aromatic rings. The Kier molecular flexibility index (Phi) is 9.40. The second-order valence-electron chi connectivity index (χ2n) is 12.4. The summed E-state index contributed by atoms with van der Waals surface area (Å²) in [6.07, 6.45) is -3.86. The van der Waals surface area contributed by atoms with E-state index in [4.69, 9.17) is 14.3 Å². The van der Waals surface area contributed by atoms with Crippen molar-refractivity contribution in [3.63, 3.8) is 0 Å². The molecule has 49 heavy (non-hydrogen) atoms. The summed E-state index contributed by atoms with van der Waals surface area (Å²) in [5.41, 5.74) is -1.40. The van der Waals surface area contributed by atoms with Crippen LogP contribution < -0.4 is 36.4 Å². The minimum Gasteiger partial charge on any atom is -0.518 e. The Bertz CT molecular complexity index is 1900. The topological polar surface area (TPSA) is 124 Å². The first-order valence-corrected chi connectivity index (χ1v) is 16.0. The molecular formula is C35H35BF3N5O5. The number of halogens is 3. The Hall–Kier alpha value is -5.27. The fourth-order valence-corrected chi connectivity index (χ4v) is 6.21. The fourth-order valence-electron chi connectivity index (χ4n) is 6.21. The zero-order valence-corrected chi connectivity index (χ0v) is 27.0. The molecular weight excluding hydrogens is 638 g/mol. The molecule has 10 nitrogen and oxygen atoms in total. The Morgan fingerprint density at radius 1 is 0.959 bits per heavy atom. The summed E-state index contributed by atoms with van der Waals surface area (Å²) < 4.78 is 53.8. The second-order valence-corrected chi connectivity index (χ2v) is 12.4. The lowest BCUT2D eigenvalue weighted by molar-refractivity contribution is -0.137. The molecule has 2 aliphatic rings. The minimum absolute atomic E-state index is 0.0463. The van der Waals surface area contributed by atoms with Crippen molar-refractivity contribution in [2.45, 2.75) is 63.8 Å². The number of para-hydroxylation sites is 2. The van der Waals surface area contributed by atoms with Crippen molar-refractivity contribution in [1.29, 1.82) is 0 Å². The molecule has 3 heterocycles. The van der Waals surface area contributed by atoms with Crippen LogP contribution in [0.3, 0.4) is 0 Å². The van der Waals surface area contributed by atoms with Crippen LogP contribution in [0.4, 0.5) is 18.9 Å². The third-order valence-corrected chi connectivity index (χ3v) is 8.64. The number of carbonyl (C=O) groups excluding carboxylic acids is 2. The summed E-state index contributed by atoms with van der Waals surface area (Å²) in [6.45, 7) is 4.19. The molecule has 1 aromatic heterocycles. The van der Waals surface area contributed by atoms with Crippen LogP contribution in [0.25, 0.3) is 0 Å². The van der Waals surface area contributed by atoms with E-state index in [9.17, 15) is 27.6 Å². The Balaban J connectivity index is 1.40. The van der Waals surface area contributed by atoms with Crippen molar-refractivity contribution in [2.75, 3.05) is 11.9 Å². The maximum absolute atomic E-state index is 14.5. The molecule has 0 aliphatic carbocycles. The van der Waals surface area contributed by atoms with E-state index in [2.05, 4.69) is 16.0 Å². The van der Waals surface area contributed by atoms with Crippen LogP contribution in [0.2, 0.25) is 0 Å². The molecule has 0 saturated heterocycles. The molecule has 3 N–H and O–H groups in total. The van der Waals surface area contributed by atoms with Crippen LogP contribution in [0, 0.1) is 0 Å². The van der Waals surface area contributed by atoms with Gasteiger partial charge in [0.2, 0.25) is 11.8 Å². The van der Waals surface area contributed by atoms with Gasteiger partial charge in [-0.2, -0.15) is 13.2 Å². The normalized spacial score (nSPS) is 17.8. The van der Waals surface area contributed by atoms with E-state index < -0.39 is 41.8 Å². The minimum atomic E-state index is -4.55. The molecule has 2 atom stereocenters. The molecule has 254 valence electrons. The van der Waals surface area contributed by atoms with Gasteiger partial charge in [0, 0.05) is 31.5 Å². The Morgan fingerprint density at radius 3 is 2.31 bits per heavy atom. The Labute approximate surface area is 281 Å². The van der Waals surface area contributed by atoms with Gasteiger partial charge in [-0.05, 0) is 48.2 Å². The molecule has 0 saturated carbocycles. The highest BCUT2D eigenvalue weighted by Gasteiger charge is 2.50. The van der Waals surface area contributed by atoms with Crippen LogP contribution in [0.1, 0.15) is 61.7 Å². The number of fused-ring (bicyclic) bond motifs is 2. The van der Waals surface area contributed by atoms with E-state index in [1.165, 1.54) is 16.7 Å². The third-order valence-electron chi connectivity index (χ3n) is 8.64. The van der Waals surface area contributed by atoms with Crippen molar-refractivity contribution in [2.24, 2.45) is 0 Å². The van der Waals surface area contributed by atoms with Gasteiger partial charge in [-0.15, -0.1) is 0 Å². The summed E-state index contributed by atoms with van der Waals surface area (Å²) in [7, 11) is -1.19. The first kappa shape index (κ1) is 33.6. The van der Waals surface area contributed by atoms with E-state index in [0.29, 0.717) is 31.0 Å². The number of aromatic nitrogens is 2. The van der Waals surface area contributed by atoms with Crippen molar-refractivity contribution < 1.29 is 32.1 Å². The van der Waals surface area contributed by atoms with Crippen LogP contribution in [-0.4, -0.2) is 35.0 Å². The summed E-state index contributed by atoms with van der Waals surface area (Å²) >= 11 is 0. The average molecular weight is 674 g/mol. The average Bonchev–Trinajstić information content (AvgIpc) is 3.65. The van der Waals surface area contributed by atoms with Crippen molar-refractivity contribution >= 4 is 30.2 Å². The number of amides is 2. The van der Waals surface area contributed by atoms with Crippen molar-refractivity contribution in [3.05, 3.63) is 112 Å². The molecule has 0 spiro atoms. The van der Waals surface area contributed by atoms with Gasteiger partial charge in [0.25, 0.3) is 5.56 Å². The summed E-state index contributed by atoms with van der Waals surface area (Å²) in [5.74, 6) is 0.331. The van der Waals surface area contributed by atoms with Gasteiger partial charge in [0.05, 0.1) is 5.56 Å². The largest absolute Gasteiger partial charge is 0.655 e. The number of anilines is 1. The number of carbonyl (C=O) groups is 2. The van der Waals surface area contributed by atoms with Gasteiger partial charge in [0.1, 0.15) is 34.6 Å². The maximum Gasteiger partial charge on any atom is 0.655 e. The second kappa shape index (κ2) is 13.7. The van der Waals surface area contributed by atoms with Gasteiger partial charge in [-0.1, -0.05) is 68.4 Å². The standard InChI is InChI=1S/C35H35BF3N5O5/c1-3-16-40-31(46)25-18-34(2,19-28(45)41-20-22-10-5-4-6-11-22)33-43-30(36-48-26-14-7-8-15-27(26)49-36)29(32(47)44(25)33)42-21-23-12-9-13-24(17-23)35(37,38)39/h4-15,17,25,42H,3,16,18-21H2,1-2H3,(H,40,46)(H,41,45). The van der Waals surface area contributed by atoms with Crippen molar-refractivity contribution in [1.82, 2.24) is 20.2 Å². The fraction of sp³-hybridized carbons (Fsp3) is 0.314. The number of alkyl halides is 3. The van der Waals surface area contributed by atoms with Gasteiger partial charge >= 0.3 is 13.3 Å². The lowest BCUT2D eigenvalue weighted by Gasteiger charge is -2.24. The van der Waals surface area contributed by atoms with E-state index >= 15 is 0 Å². The van der Waals surface area contributed by atoms with Gasteiger partial charge in [-0.25, -0.2) is 4.98 Å². The molecule has 6 rings (SSSR count). The van der Waals surface area contributed by atoms with Crippen LogP contribution >= 0.6 is 0 Å². The number of hydrogen-bond donors (Lipinski definition) is 3. The van der Waals surface area contributed by atoms with Gasteiger partial charge in [0.15, 0.2) is 0 Å². The zero-order valence-electron chi connectivity index (χ0n) is 27.0. The predicted octanol–water partition coefficient (Wildman–Crippen LogP) is 4.48. The molecule has 14 heteroatoms. The highest BCUT2D eigenvalue weighted by atomic mass is 19.4. The number of rotatable bonds is 11. The summed E-state index contributed by atoms with van der Waals surface area (Å²) in [4.78, 5) is 46.3. The number of nitrogens with one attached hydrogen (secondary N) is 3. The van der Waals surface area contributed by atoms with Crippen LogP contribution in [0.5, 0.6) is 11.5 Å². The predicted molar refractivity (Wildman–Crippen MR) is 178 cm³/mol. The molecule has 3 aromatic carbocycles. The molecule has 2 amide bonds. The third kappa shape index (κ3) is 7.13. The lowest BCUT2D eigenvalue weighted by Crippen LogP contribution is -2.49. The highest BCUT2D eigenvalue weighted by Crippen LogP contribution is 2.42. The number of benzene rings is 3. The summed E-state index contributed by atoms with van der Waals surface area (Å²) in [5, 5.41) is 8.77. The highest BCUT2D eigenvalue weighted by molar-refractivity contribution is 6.64. The van der Waals surface area contributed by atoms with E-state index in [1.54, 1.807) is 31.2 Å². The Morgan fingerprint density at radius 2 is 1.63 bits per heavy atom. The number of hydrogen-bond acceptors (Lipinski definition) is 7. The molecule has 0 radical (unpaired) electrons. The molecule has 0 fully saturated rings. The van der Waals surface area contributed by atoms with Crippen LogP contribution in [-0.2, 0) is 34.3 Å². The van der Waals surface area contributed by atoms with E-state index in [1.807, 2.05) is 37.3 Å². The molecule has 2 unspecified atom stereocenters. The lowest BCUT2D eigenvalue weighted by atomic mass is 9.80. The quantitative estimate of drug-likeness (QED) is 0.201. The number of nitrogens with zero attached hydrogens (tertiary/aromatic N) is 2. The SMILES string of the molecule is CCCNC(=O)C1CC(C)(CC(=O)NCc2ccccc2)c2nc(B3Oc4ccccc4O3)c(NCc3cccc(C(F)(F)F)c3)c(=O)n21. The van der Waals surface area contributed by atoms with E-state index in [-0.39, 0.29) is 48.0 Å². The molecule has 2 aliphatic heterocycles. The molecule has 0 bridgehead atoms. The smallest absolute Gasteiger partial charge is 0.518 e.